The summed E-state index contributed by atoms with van der Waals surface area (Å²) in [5.41, 5.74) is 3.30. The summed E-state index contributed by atoms with van der Waals surface area (Å²) >= 11 is 0. The fourth-order valence-corrected chi connectivity index (χ4v) is 3.44. The highest BCUT2D eigenvalue weighted by atomic mass is 32.2. The highest BCUT2D eigenvalue weighted by molar-refractivity contribution is 7.89. The zero-order valence-corrected chi connectivity index (χ0v) is 13.9. The lowest BCUT2D eigenvalue weighted by atomic mass is 10.1. The minimum atomic E-state index is -3.47. The summed E-state index contributed by atoms with van der Waals surface area (Å²) in [6, 6.07) is 12.4. The minimum absolute atomic E-state index is 0.226. The molecule has 22 heavy (non-hydrogen) atoms. The van der Waals surface area contributed by atoms with Crippen LogP contribution in [0.5, 0.6) is 5.75 Å². The number of aryl methyl sites for hydroxylation is 3. The Bertz CT molecular complexity index is 717. The number of benzene rings is 2. The van der Waals surface area contributed by atoms with E-state index >= 15 is 0 Å². The predicted octanol–water partition coefficient (Wildman–Crippen LogP) is 2.97. The number of rotatable bonds is 6. The molecule has 1 N–H and O–H groups in total. The molecule has 0 bridgehead atoms. The fraction of sp³-hybridized carbons (Fsp3) is 0.294. The first-order valence-corrected chi connectivity index (χ1v) is 8.64. The average molecular weight is 319 g/mol. The number of sulfonamides is 1. The SMILES string of the molecule is Cc1cc(C)c(OCCNS(=O)(=O)c2ccccc2)c(C)c1. The Morgan fingerprint density at radius 2 is 1.59 bits per heavy atom. The second-order valence-electron chi connectivity index (χ2n) is 5.29. The van der Waals surface area contributed by atoms with Gasteiger partial charge in [-0.05, 0) is 44.0 Å². The zero-order valence-electron chi connectivity index (χ0n) is 13.1. The van der Waals surface area contributed by atoms with Crippen molar-refractivity contribution in [2.24, 2.45) is 0 Å². The maximum absolute atomic E-state index is 12.1. The van der Waals surface area contributed by atoms with Crippen LogP contribution >= 0.6 is 0 Å². The van der Waals surface area contributed by atoms with Crippen LogP contribution in [0.2, 0.25) is 0 Å². The molecule has 0 aromatic heterocycles. The Labute approximate surface area is 132 Å². The van der Waals surface area contributed by atoms with E-state index in [0.29, 0.717) is 0 Å². The molecular formula is C17H21NO3S. The molecular weight excluding hydrogens is 298 g/mol. The molecule has 2 aromatic rings. The molecule has 0 heterocycles. The molecule has 2 rings (SSSR count). The van der Waals surface area contributed by atoms with E-state index in [-0.39, 0.29) is 18.0 Å². The summed E-state index contributed by atoms with van der Waals surface area (Å²) in [6.45, 7) is 6.53. The van der Waals surface area contributed by atoms with Gasteiger partial charge in [0.25, 0.3) is 0 Å². The van der Waals surface area contributed by atoms with Gasteiger partial charge in [0.15, 0.2) is 0 Å². The Kier molecular flexibility index (Phi) is 5.21. The molecule has 0 fully saturated rings. The van der Waals surface area contributed by atoms with Crippen LogP contribution in [0.1, 0.15) is 16.7 Å². The molecule has 0 aliphatic heterocycles. The summed E-state index contributed by atoms with van der Waals surface area (Å²) in [7, 11) is -3.47. The molecule has 0 spiro atoms. The average Bonchev–Trinajstić information content (AvgIpc) is 2.46. The Morgan fingerprint density at radius 1 is 1.00 bits per heavy atom. The fourth-order valence-electron chi connectivity index (χ4n) is 2.41. The molecule has 5 heteroatoms. The van der Waals surface area contributed by atoms with Crippen molar-refractivity contribution in [2.45, 2.75) is 25.7 Å². The van der Waals surface area contributed by atoms with E-state index in [4.69, 9.17) is 4.74 Å². The number of ether oxygens (including phenoxy) is 1. The van der Waals surface area contributed by atoms with Crippen molar-refractivity contribution >= 4 is 10.0 Å². The van der Waals surface area contributed by atoms with Crippen molar-refractivity contribution < 1.29 is 13.2 Å². The lowest BCUT2D eigenvalue weighted by molar-refractivity contribution is 0.318. The van der Waals surface area contributed by atoms with Gasteiger partial charge in [0.05, 0.1) is 4.90 Å². The third-order valence-electron chi connectivity index (χ3n) is 3.30. The van der Waals surface area contributed by atoms with Crippen LogP contribution in [0, 0.1) is 20.8 Å². The van der Waals surface area contributed by atoms with Crippen molar-refractivity contribution in [3.63, 3.8) is 0 Å². The van der Waals surface area contributed by atoms with E-state index < -0.39 is 10.0 Å². The quantitative estimate of drug-likeness (QED) is 0.833. The lowest BCUT2D eigenvalue weighted by Crippen LogP contribution is -2.28. The molecule has 0 saturated carbocycles. The van der Waals surface area contributed by atoms with Gasteiger partial charge in [0.1, 0.15) is 12.4 Å². The van der Waals surface area contributed by atoms with Crippen molar-refractivity contribution in [1.29, 1.82) is 0 Å². The smallest absolute Gasteiger partial charge is 0.240 e. The van der Waals surface area contributed by atoms with Crippen molar-refractivity contribution in [3.8, 4) is 5.75 Å². The summed E-state index contributed by atoms with van der Waals surface area (Å²) in [5.74, 6) is 0.824. The molecule has 4 nitrogen and oxygen atoms in total. The van der Waals surface area contributed by atoms with Crippen molar-refractivity contribution in [1.82, 2.24) is 4.72 Å². The molecule has 0 saturated heterocycles. The van der Waals surface area contributed by atoms with Gasteiger partial charge in [-0.3, -0.25) is 0 Å². The van der Waals surface area contributed by atoms with Gasteiger partial charge < -0.3 is 4.74 Å². The second kappa shape index (κ2) is 6.94. The molecule has 0 aliphatic carbocycles. The molecule has 2 aromatic carbocycles. The first kappa shape index (κ1) is 16.5. The van der Waals surface area contributed by atoms with Crippen LogP contribution in [0.4, 0.5) is 0 Å². The van der Waals surface area contributed by atoms with Crippen molar-refractivity contribution in [2.75, 3.05) is 13.2 Å². The lowest BCUT2D eigenvalue weighted by Gasteiger charge is -2.13. The van der Waals surface area contributed by atoms with E-state index in [1.807, 2.05) is 20.8 Å². The van der Waals surface area contributed by atoms with Crippen LogP contribution in [-0.4, -0.2) is 21.6 Å². The van der Waals surface area contributed by atoms with Crippen LogP contribution in [0.15, 0.2) is 47.4 Å². The second-order valence-corrected chi connectivity index (χ2v) is 7.05. The summed E-state index contributed by atoms with van der Waals surface area (Å²) < 4.78 is 32.4. The molecule has 0 amide bonds. The van der Waals surface area contributed by atoms with Gasteiger partial charge >= 0.3 is 0 Å². The minimum Gasteiger partial charge on any atom is -0.492 e. The van der Waals surface area contributed by atoms with Crippen LogP contribution in [0.25, 0.3) is 0 Å². The topological polar surface area (TPSA) is 55.4 Å². The third kappa shape index (κ3) is 4.08. The normalized spacial score (nSPS) is 11.4. The van der Waals surface area contributed by atoms with E-state index in [9.17, 15) is 8.42 Å². The summed E-state index contributed by atoms with van der Waals surface area (Å²) in [5, 5.41) is 0. The number of nitrogens with one attached hydrogen (secondary N) is 1. The van der Waals surface area contributed by atoms with Crippen LogP contribution in [-0.2, 0) is 10.0 Å². The molecule has 118 valence electrons. The standard InChI is InChI=1S/C17H21NO3S/c1-13-11-14(2)17(15(3)12-13)21-10-9-18-22(19,20)16-7-5-4-6-8-16/h4-8,11-12,18H,9-10H2,1-3H3. The first-order chi connectivity index (χ1) is 10.4. The maximum atomic E-state index is 12.1. The van der Waals surface area contributed by atoms with Crippen LogP contribution < -0.4 is 9.46 Å². The van der Waals surface area contributed by atoms with Crippen molar-refractivity contribution in [3.05, 3.63) is 59.2 Å². The van der Waals surface area contributed by atoms with Gasteiger partial charge in [-0.25, -0.2) is 13.1 Å². The highest BCUT2D eigenvalue weighted by Gasteiger charge is 2.12. The van der Waals surface area contributed by atoms with Gasteiger partial charge in [0, 0.05) is 6.54 Å². The number of hydrogen-bond acceptors (Lipinski definition) is 3. The van der Waals surface area contributed by atoms with Gasteiger partial charge in [-0.2, -0.15) is 0 Å². The molecule has 0 atom stereocenters. The molecule has 0 aliphatic rings. The number of hydrogen-bond donors (Lipinski definition) is 1. The summed E-state index contributed by atoms with van der Waals surface area (Å²) in [6.07, 6.45) is 0. The first-order valence-electron chi connectivity index (χ1n) is 7.15. The maximum Gasteiger partial charge on any atom is 0.240 e. The van der Waals surface area contributed by atoms with E-state index in [1.165, 1.54) is 5.56 Å². The monoisotopic (exact) mass is 319 g/mol. The molecule has 0 unspecified atom stereocenters. The van der Waals surface area contributed by atoms with Crippen LogP contribution in [0.3, 0.4) is 0 Å². The zero-order chi connectivity index (χ0) is 16.2. The van der Waals surface area contributed by atoms with E-state index in [2.05, 4.69) is 16.9 Å². The van der Waals surface area contributed by atoms with E-state index in [1.54, 1.807) is 30.3 Å². The Balaban J connectivity index is 1.93. The van der Waals surface area contributed by atoms with Gasteiger partial charge in [-0.15, -0.1) is 0 Å². The summed E-state index contributed by atoms with van der Waals surface area (Å²) in [4.78, 5) is 0.262. The largest absolute Gasteiger partial charge is 0.492 e. The molecule has 0 radical (unpaired) electrons. The third-order valence-corrected chi connectivity index (χ3v) is 4.78. The van der Waals surface area contributed by atoms with Gasteiger partial charge in [0.2, 0.25) is 10.0 Å². The van der Waals surface area contributed by atoms with E-state index in [0.717, 1.165) is 16.9 Å². The predicted molar refractivity (Wildman–Crippen MR) is 87.8 cm³/mol. The highest BCUT2D eigenvalue weighted by Crippen LogP contribution is 2.24. The Morgan fingerprint density at radius 3 is 2.18 bits per heavy atom. The van der Waals surface area contributed by atoms with Gasteiger partial charge in [-0.1, -0.05) is 35.9 Å². The Hall–Kier alpha value is -1.85.